The quantitative estimate of drug-likeness (QED) is 0.861. The zero-order valence-electron chi connectivity index (χ0n) is 11.9. The van der Waals surface area contributed by atoms with Crippen LogP contribution in [0.1, 0.15) is 35.4 Å². The summed E-state index contributed by atoms with van der Waals surface area (Å²) < 4.78 is 10.1. The van der Waals surface area contributed by atoms with E-state index in [1.54, 1.807) is 12.1 Å². The number of carbonyl (C=O) groups is 1. The van der Waals surface area contributed by atoms with Crippen LogP contribution in [0.2, 0.25) is 0 Å². The average molecular weight is 287 g/mol. The van der Waals surface area contributed by atoms with Crippen LogP contribution in [-0.4, -0.2) is 40.6 Å². The SMILES string of the molecule is CCOc1ccc(C(=O)N2CC[C@H](c3ncon3)C2)cc1. The summed E-state index contributed by atoms with van der Waals surface area (Å²) in [6.45, 7) is 3.89. The van der Waals surface area contributed by atoms with E-state index in [-0.39, 0.29) is 11.8 Å². The van der Waals surface area contributed by atoms with Crippen molar-refractivity contribution in [2.24, 2.45) is 0 Å². The van der Waals surface area contributed by atoms with E-state index in [0.717, 1.165) is 12.2 Å². The molecule has 0 N–H and O–H groups in total. The molecule has 110 valence electrons. The topological polar surface area (TPSA) is 68.5 Å². The highest BCUT2D eigenvalue weighted by Crippen LogP contribution is 2.26. The predicted octanol–water partition coefficient (Wildman–Crippen LogP) is 2.10. The number of benzene rings is 1. The van der Waals surface area contributed by atoms with Crippen LogP contribution in [0.3, 0.4) is 0 Å². The van der Waals surface area contributed by atoms with Gasteiger partial charge in [0.25, 0.3) is 5.91 Å². The lowest BCUT2D eigenvalue weighted by Crippen LogP contribution is -2.28. The Morgan fingerprint density at radius 3 is 2.90 bits per heavy atom. The van der Waals surface area contributed by atoms with Crippen molar-refractivity contribution in [2.75, 3.05) is 19.7 Å². The summed E-state index contributed by atoms with van der Waals surface area (Å²) in [5.74, 6) is 1.65. The van der Waals surface area contributed by atoms with Crippen LogP contribution in [0.5, 0.6) is 5.75 Å². The maximum Gasteiger partial charge on any atom is 0.253 e. The second kappa shape index (κ2) is 5.95. The Bertz CT molecular complexity index is 595. The molecule has 6 heteroatoms. The molecular formula is C15H17N3O3. The van der Waals surface area contributed by atoms with Crippen LogP contribution < -0.4 is 4.74 Å². The second-order valence-electron chi connectivity index (χ2n) is 4.98. The van der Waals surface area contributed by atoms with Crippen molar-refractivity contribution in [3.63, 3.8) is 0 Å². The van der Waals surface area contributed by atoms with Crippen molar-refractivity contribution in [1.29, 1.82) is 0 Å². The van der Waals surface area contributed by atoms with Crippen molar-refractivity contribution in [2.45, 2.75) is 19.3 Å². The molecule has 1 aliphatic heterocycles. The highest BCUT2D eigenvalue weighted by atomic mass is 16.5. The minimum absolute atomic E-state index is 0.0315. The molecule has 2 heterocycles. The fourth-order valence-electron chi connectivity index (χ4n) is 2.56. The van der Waals surface area contributed by atoms with Crippen molar-refractivity contribution >= 4 is 5.91 Å². The highest BCUT2D eigenvalue weighted by Gasteiger charge is 2.30. The third-order valence-corrected chi connectivity index (χ3v) is 3.63. The maximum absolute atomic E-state index is 12.5. The van der Waals surface area contributed by atoms with Gasteiger partial charge in [-0.25, -0.2) is 0 Å². The number of amides is 1. The first kappa shape index (κ1) is 13.6. The molecule has 0 aliphatic carbocycles. The zero-order valence-corrected chi connectivity index (χ0v) is 11.9. The summed E-state index contributed by atoms with van der Waals surface area (Å²) in [6, 6.07) is 7.25. The number of hydrogen-bond donors (Lipinski definition) is 0. The Hall–Kier alpha value is -2.37. The molecule has 1 aromatic heterocycles. The van der Waals surface area contributed by atoms with Gasteiger partial charge in [0.05, 0.1) is 6.61 Å². The summed E-state index contributed by atoms with van der Waals surface area (Å²) in [5, 5.41) is 3.86. The normalized spacial score (nSPS) is 18.0. The number of aromatic nitrogens is 2. The van der Waals surface area contributed by atoms with Gasteiger partial charge in [-0.15, -0.1) is 0 Å². The van der Waals surface area contributed by atoms with E-state index < -0.39 is 0 Å². The smallest absolute Gasteiger partial charge is 0.253 e. The van der Waals surface area contributed by atoms with Crippen molar-refractivity contribution < 1.29 is 14.1 Å². The molecule has 0 spiro atoms. The summed E-state index contributed by atoms with van der Waals surface area (Å²) in [4.78, 5) is 18.3. The molecule has 1 saturated heterocycles. The van der Waals surface area contributed by atoms with Gasteiger partial charge >= 0.3 is 0 Å². The van der Waals surface area contributed by atoms with Crippen molar-refractivity contribution in [1.82, 2.24) is 15.0 Å². The first-order chi connectivity index (χ1) is 10.3. The van der Waals surface area contributed by atoms with Crippen LogP contribution >= 0.6 is 0 Å². The van der Waals surface area contributed by atoms with E-state index in [4.69, 9.17) is 9.26 Å². The molecule has 0 saturated carbocycles. The fraction of sp³-hybridized carbons (Fsp3) is 0.400. The van der Waals surface area contributed by atoms with Gasteiger partial charge in [0.1, 0.15) is 5.75 Å². The Morgan fingerprint density at radius 1 is 1.43 bits per heavy atom. The second-order valence-corrected chi connectivity index (χ2v) is 4.98. The van der Waals surface area contributed by atoms with Crippen LogP contribution in [0.25, 0.3) is 0 Å². The average Bonchev–Trinajstić information content (AvgIpc) is 3.19. The van der Waals surface area contributed by atoms with E-state index in [2.05, 4.69) is 10.1 Å². The van der Waals surface area contributed by atoms with E-state index in [0.29, 0.717) is 31.1 Å². The third kappa shape index (κ3) is 2.89. The van der Waals surface area contributed by atoms with Gasteiger partial charge in [-0.3, -0.25) is 4.79 Å². The summed E-state index contributed by atoms with van der Waals surface area (Å²) in [7, 11) is 0. The predicted molar refractivity (Wildman–Crippen MR) is 75.2 cm³/mol. The molecule has 2 aromatic rings. The molecular weight excluding hydrogens is 270 g/mol. The van der Waals surface area contributed by atoms with Gasteiger partial charge in [0.2, 0.25) is 6.39 Å². The van der Waals surface area contributed by atoms with Gasteiger partial charge < -0.3 is 14.2 Å². The molecule has 6 nitrogen and oxygen atoms in total. The molecule has 3 rings (SSSR count). The Labute approximate surface area is 122 Å². The van der Waals surface area contributed by atoms with Crippen LogP contribution in [0.15, 0.2) is 35.2 Å². The van der Waals surface area contributed by atoms with E-state index in [1.165, 1.54) is 6.39 Å². The van der Waals surface area contributed by atoms with Gasteiger partial charge in [-0.2, -0.15) is 4.98 Å². The maximum atomic E-state index is 12.5. The van der Waals surface area contributed by atoms with E-state index >= 15 is 0 Å². The van der Waals surface area contributed by atoms with Crippen molar-refractivity contribution in [3.8, 4) is 5.75 Å². The lowest BCUT2D eigenvalue weighted by Gasteiger charge is -2.16. The minimum atomic E-state index is 0.0315. The first-order valence-electron chi connectivity index (χ1n) is 7.06. The van der Waals surface area contributed by atoms with Crippen molar-refractivity contribution in [3.05, 3.63) is 42.0 Å². The van der Waals surface area contributed by atoms with Crippen LogP contribution in [0, 0.1) is 0 Å². The summed E-state index contributed by atoms with van der Waals surface area (Å²) >= 11 is 0. The molecule has 1 fully saturated rings. The lowest BCUT2D eigenvalue weighted by molar-refractivity contribution is 0.0790. The largest absolute Gasteiger partial charge is 0.494 e. The minimum Gasteiger partial charge on any atom is -0.494 e. The van der Waals surface area contributed by atoms with E-state index in [9.17, 15) is 4.79 Å². The van der Waals surface area contributed by atoms with Crippen LogP contribution in [0.4, 0.5) is 0 Å². The Balaban J connectivity index is 1.66. The number of carbonyl (C=O) groups excluding carboxylic acids is 1. The monoisotopic (exact) mass is 287 g/mol. The standard InChI is InChI=1S/C15H17N3O3/c1-2-20-13-5-3-11(4-6-13)15(19)18-8-7-12(9-18)14-16-10-21-17-14/h3-6,10,12H,2,7-9H2,1H3/t12-/m0/s1. The van der Waals surface area contributed by atoms with Gasteiger partial charge in [0, 0.05) is 24.6 Å². The lowest BCUT2D eigenvalue weighted by atomic mass is 10.1. The first-order valence-corrected chi connectivity index (χ1v) is 7.06. The third-order valence-electron chi connectivity index (χ3n) is 3.63. The van der Waals surface area contributed by atoms with Gasteiger partial charge in [0.15, 0.2) is 5.82 Å². The molecule has 21 heavy (non-hydrogen) atoms. The van der Waals surface area contributed by atoms with E-state index in [1.807, 2.05) is 24.0 Å². The van der Waals surface area contributed by atoms with Gasteiger partial charge in [-0.1, -0.05) is 5.16 Å². The molecule has 1 aromatic carbocycles. The zero-order chi connectivity index (χ0) is 14.7. The molecule has 1 aliphatic rings. The molecule has 0 unspecified atom stereocenters. The van der Waals surface area contributed by atoms with Crippen LogP contribution in [-0.2, 0) is 0 Å². The Morgan fingerprint density at radius 2 is 2.24 bits per heavy atom. The number of likely N-dealkylation sites (tertiary alicyclic amines) is 1. The molecule has 0 bridgehead atoms. The number of rotatable bonds is 4. The highest BCUT2D eigenvalue weighted by molar-refractivity contribution is 5.94. The van der Waals surface area contributed by atoms with Gasteiger partial charge in [-0.05, 0) is 37.6 Å². The summed E-state index contributed by atoms with van der Waals surface area (Å²) in [5.41, 5.74) is 0.673. The fourth-order valence-corrected chi connectivity index (χ4v) is 2.56. The number of hydrogen-bond acceptors (Lipinski definition) is 5. The molecule has 1 amide bonds. The number of nitrogens with zero attached hydrogens (tertiary/aromatic N) is 3. The summed E-state index contributed by atoms with van der Waals surface area (Å²) in [6.07, 6.45) is 2.19. The number of ether oxygens (including phenoxy) is 1. The molecule has 1 atom stereocenters. The molecule has 0 radical (unpaired) electrons. The Kier molecular flexibility index (Phi) is 3.85.